The normalized spacial score (nSPS) is 37.6. The van der Waals surface area contributed by atoms with Gasteiger partial charge in [0.15, 0.2) is 11.5 Å². The molecule has 0 aromatic carbocycles. The molecule has 0 spiro atoms. The topological polar surface area (TPSA) is 116 Å². The van der Waals surface area contributed by atoms with Crippen molar-refractivity contribution in [2.75, 3.05) is 11.9 Å². The molecule has 3 aliphatic rings. The fraction of sp³-hybridized carbons (Fsp3) is 0.706. The molecule has 3 aliphatic carbocycles. The SMILES string of the molecule is OCC1C(O)[C@H](O)C2(n3cnc4c(NC5CCCC5)ncnc43)CC12. The smallest absolute Gasteiger partial charge is 0.166 e. The summed E-state index contributed by atoms with van der Waals surface area (Å²) in [6.07, 6.45) is 6.84. The number of rotatable bonds is 4. The van der Waals surface area contributed by atoms with Crippen LogP contribution in [0.5, 0.6) is 0 Å². The van der Waals surface area contributed by atoms with Gasteiger partial charge in [0.05, 0.1) is 18.0 Å². The van der Waals surface area contributed by atoms with Crippen molar-refractivity contribution in [3.8, 4) is 0 Å². The van der Waals surface area contributed by atoms with E-state index in [9.17, 15) is 15.3 Å². The van der Waals surface area contributed by atoms with Crippen molar-refractivity contribution < 1.29 is 15.3 Å². The monoisotopic (exact) mass is 345 g/mol. The van der Waals surface area contributed by atoms with Gasteiger partial charge >= 0.3 is 0 Å². The maximum atomic E-state index is 10.6. The number of fused-ring (bicyclic) bond motifs is 2. The predicted octanol–water partition coefficient (Wildman–Crippen LogP) is 0.240. The number of anilines is 1. The minimum atomic E-state index is -0.923. The molecular weight excluding hydrogens is 322 g/mol. The summed E-state index contributed by atoms with van der Waals surface area (Å²) in [6, 6.07) is 0.424. The first-order valence-corrected chi connectivity index (χ1v) is 9.09. The van der Waals surface area contributed by atoms with Gasteiger partial charge in [-0.15, -0.1) is 0 Å². The van der Waals surface area contributed by atoms with Crippen LogP contribution in [0, 0.1) is 11.8 Å². The van der Waals surface area contributed by atoms with Crippen molar-refractivity contribution >= 4 is 17.0 Å². The summed E-state index contributed by atoms with van der Waals surface area (Å²) in [5.74, 6) is 0.475. The van der Waals surface area contributed by atoms with Crippen LogP contribution < -0.4 is 5.32 Å². The molecule has 0 saturated heterocycles. The third-order valence-electron chi connectivity index (χ3n) is 6.51. The van der Waals surface area contributed by atoms with Gasteiger partial charge in [-0.1, -0.05) is 12.8 Å². The maximum Gasteiger partial charge on any atom is 0.166 e. The van der Waals surface area contributed by atoms with E-state index in [0.717, 1.165) is 25.1 Å². The number of imidazole rings is 1. The lowest BCUT2D eigenvalue weighted by Crippen LogP contribution is -2.38. The van der Waals surface area contributed by atoms with E-state index < -0.39 is 17.7 Å². The average Bonchev–Trinajstić information content (AvgIpc) is 2.95. The van der Waals surface area contributed by atoms with Crippen molar-refractivity contribution in [2.24, 2.45) is 11.8 Å². The molecular formula is C17H23N5O3. The maximum absolute atomic E-state index is 10.6. The van der Waals surface area contributed by atoms with Gasteiger partial charge in [0, 0.05) is 18.6 Å². The van der Waals surface area contributed by atoms with Gasteiger partial charge in [0.25, 0.3) is 0 Å². The number of hydrogen-bond donors (Lipinski definition) is 4. The number of nitrogens with zero attached hydrogens (tertiary/aromatic N) is 4. The van der Waals surface area contributed by atoms with Gasteiger partial charge in [0.1, 0.15) is 17.9 Å². The number of hydrogen-bond acceptors (Lipinski definition) is 7. The van der Waals surface area contributed by atoms with E-state index in [-0.39, 0.29) is 18.4 Å². The molecule has 5 atom stereocenters. The lowest BCUT2D eigenvalue weighted by molar-refractivity contribution is -0.0272. The van der Waals surface area contributed by atoms with Crippen LogP contribution in [0.1, 0.15) is 32.1 Å². The Morgan fingerprint density at radius 1 is 1.20 bits per heavy atom. The molecule has 0 aliphatic heterocycles. The molecule has 2 aromatic rings. The summed E-state index contributed by atoms with van der Waals surface area (Å²) in [5.41, 5.74) is 0.756. The second kappa shape index (κ2) is 5.36. The second-order valence-corrected chi connectivity index (χ2v) is 7.72. The Balaban J connectivity index is 1.53. The Kier molecular flexibility index (Phi) is 3.32. The second-order valence-electron chi connectivity index (χ2n) is 7.72. The molecule has 0 amide bonds. The van der Waals surface area contributed by atoms with E-state index in [2.05, 4.69) is 20.3 Å². The van der Waals surface area contributed by atoms with Crippen LogP contribution in [0.3, 0.4) is 0 Å². The Labute approximate surface area is 144 Å². The van der Waals surface area contributed by atoms with Crippen LogP contribution in [0.4, 0.5) is 5.82 Å². The summed E-state index contributed by atoms with van der Waals surface area (Å²) in [4.78, 5) is 13.3. The van der Waals surface area contributed by atoms with Gasteiger partial charge in [-0.05, 0) is 25.2 Å². The van der Waals surface area contributed by atoms with E-state index in [0.29, 0.717) is 17.2 Å². The lowest BCUT2D eigenvalue weighted by Gasteiger charge is -2.24. The van der Waals surface area contributed by atoms with Crippen LogP contribution in [-0.2, 0) is 5.54 Å². The highest BCUT2D eigenvalue weighted by atomic mass is 16.3. The van der Waals surface area contributed by atoms with Crippen molar-refractivity contribution in [1.29, 1.82) is 0 Å². The molecule has 4 N–H and O–H groups in total. The molecule has 25 heavy (non-hydrogen) atoms. The van der Waals surface area contributed by atoms with Gasteiger partial charge in [-0.3, -0.25) is 0 Å². The Hall–Kier alpha value is -1.77. The zero-order valence-corrected chi connectivity index (χ0v) is 13.9. The molecule has 2 aromatic heterocycles. The number of aliphatic hydroxyl groups excluding tert-OH is 3. The van der Waals surface area contributed by atoms with Gasteiger partial charge in [0.2, 0.25) is 0 Å². The van der Waals surface area contributed by atoms with Crippen molar-refractivity contribution in [3.05, 3.63) is 12.7 Å². The molecule has 8 heteroatoms. The summed E-state index contributed by atoms with van der Waals surface area (Å²) < 4.78 is 1.89. The van der Waals surface area contributed by atoms with Gasteiger partial charge < -0.3 is 25.2 Å². The average molecular weight is 345 g/mol. The minimum absolute atomic E-state index is 0.0427. The van der Waals surface area contributed by atoms with Crippen molar-refractivity contribution in [3.63, 3.8) is 0 Å². The highest BCUT2D eigenvalue weighted by molar-refractivity contribution is 5.83. The molecule has 3 fully saturated rings. The molecule has 2 heterocycles. The fourth-order valence-corrected chi connectivity index (χ4v) is 5.09. The summed E-state index contributed by atoms with van der Waals surface area (Å²) in [5, 5.41) is 33.9. The van der Waals surface area contributed by atoms with E-state index in [1.807, 2.05) is 4.57 Å². The van der Waals surface area contributed by atoms with E-state index in [1.54, 1.807) is 6.33 Å². The van der Waals surface area contributed by atoms with Gasteiger partial charge in [-0.2, -0.15) is 0 Å². The van der Waals surface area contributed by atoms with Crippen LogP contribution >= 0.6 is 0 Å². The highest BCUT2D eigenvalue weighted by Crippen LogP contribution is 2.64. The third kappa shape index (κ3) is 2.01. The first kappa shape index (κ1) is 15.5. The van der Waals surface area contributed by atoms with Crippen LogP contribution in [0.25, 0.3) is 11.2 Å². The quantitative estimate of drug-likeness (QED) is 0.627. The minimum Gasteiger partial charge on any atom is -0.396 e. The number of aromatic nitrogens is 4. The number of aliphatic hydroxyl groups is 3. The van der Waals surface area contributed by atoms with E-state index >= 15 is 0 Å². The Morgan fingerprint density at radius 2 is 2.00 bits per heavy atom. The molecule has 3 saturated carbocycles. The van der Waals surface area contributed by atoms with Crippen LogP contribution in [-0.4, -0.2) is 59.7 Å². The van der Waals surface area contributed by atoms with Crippen LogP contribution in [0.15, 0.2) is 12.7 Å². The summed E-state index contributed by atoms with van der Waals surface area (Å²) in [6.45, 7) is -0.124. The fourth-order valence-electron chi connectivity index (χ4n) is 5.09. The zero-order chi connectivity index (χ0) is 17.2. The first-order valence-electron chi connectivity index (χ1n) is 9.09. The first-order chi connectivity index (χ1) is 12.2. The molecule has 8 nitrogen and oxygen atoms in total. The molecule has 4 unspecified atom stereocenters. The Bertz CT molecular complexity index is 805. The van der Waals surface area contributed by atoms with Gasteiger partial charge in [-0.25, -0.2) is 15.0 Å². The zero-order valence-electron chi connectivity index (χ0n) is 13.9. The molecule has 0 bridgehead atoms. The standard InChI is InChI=1S/C17H23N5O3/c23-6-10-11-5-17(11,14(25)13(10)24)22-8-20-12-15(18-7-19-16(12)22)21-9-3-1-2-4-9/h7-11,13-14,23-25H,1-6H2,(H,18,19,21)/t10?,11?,13?,14-,17?/m0/s1. The highest BCUT2D eigenvalue weighted by Gasteiger charge is 2.72. The molecule has 134 valence electrons. The van der Waals surface area contributed by atoms with E-state index in [4.69, 9.17) is 0 Å². The van der Waals surface area contributed by atoms with E-state index in [1.165, 1.54) is 19.2 Å². The number of nitrogens with one attached hydrogen (secondary N) is 1. The predicted molar refractivity (Wildman–Crippen MR) is 89.9 cm³/mol. The molecule has 0 radical (unpaired) electrons. The molecule has 5 rings (SSSR count). The lowest BCUT2D eigenvalue weighted by atomic mass is 10.0. The van der Waals surface area contributed by atoms with Crippen LogP contribution in [0.2, 0.25) is 0 Å². The largest absolute Gasteiger partial charge is 0.396 e. The Morgan fingerprint density at radius 3 is 2.72 bits per heavy atom. The van der Waals surface area contributed by atoms with Crippen molar-refractivity contribution in [1.82, 2.24) is 19.5 Å². The summed E-state index contributed by atoms with van der Waals surface area (Å²) in [7, 11) is 0. The summed E-state index contributed by atoms with van der Waals surface area (Å²) >= 11 is 0. The third-order valence-corrected chi connectivity index (χ3v) is 6.51. The van der Waals surface area contributed by atoms with Crippen molar-refractivity contribution in [2.45, 2.75) is 55.9 Å².